The van der Waals surface area contributed by atoms with Crippen LogP contribution in [-0.2, 0) is 4.74 Å². The van der Waals surface area contributed by atoms with Crippen molar-refractivity contribution in [3.8, 4) is 0 Å². The summed E-state index contributed by atoms with van der Waals surface area (Å²) < 4.78 is 5.11. The fourth-order valence-electron chi connectivity index (χ4n) is 1.35. The van der Waals surface area contributed by atoms with Gasteiger partial charge in [0.2, 0.25) is 0 Å². The van der Waals surface area contributed by atoms with Gasteiger partial charge in [-0.05, 0) is 19.2 Å². The van der Waals surface area contributed by atoms with Crippen LogP contribution < -0.4 is 5.32 Å². The second kappa shape index (κ2) is 5.50. The number of carboxylic acid groups (broad SMARTS) is 1. The Bertz CT molecular complexity index is 405. The summed E-state index contributed by atoms with van der Waals surface area (Å²) in [6, 6.07) is 2.84. The summed E-state index contributed by atoms with van der Waals surface area (Å²) in [6.45, 7) is 0. The van der Waals surface area contributed by atoms with E-state index in [1.165, 1.54) is 19.2 Å². The van der Waals surface area contributed by atoms with Gasteiger partial charge < -0.3 is 9.84 Å². The first-order valence-corrected chi connectivity index (χ1v) is 5.19. The van der Waals surface area contributed by atoms with Crippen LogP contribution in [-0.4, -0.2) is 25.2 Å². The number of ether oxygens (including phenoxy) is 1. The fourth-order valence-corrected chi connectivity index (χ4v) is 2.00. The van der Waals surface area contributed by atoms with Crippen molar-refractivity contribution in [1.82, 2.24) is 5.32 Å². The van der Waals surface area contributed by atoms with Gasteiger partial charge in [0.15, 0.2) is 0 Å². The summed E-state index contributed by atoms with van der Waals surface area (Å²) in [4.78, 5) is 10.9. The molecule has 1 unspecified atom stereocenters. The minimum absolute atomic E-state index is 0.00151. The van der Waals surface area contributed by atoms with E-state index in [9.17, 15) is 4.79 Å². The molecule has 0 spiro atoms. The summed E-state index contributed by atoms with van der Waals surface area (Å²) in [6.07, 6.45) is -0.542. The molecular weight excluding hydrogens is 253 g/mol. The third-order valence-electron chi connectivity index (χ3n) is 2.12. The maximum absolute atomic E-state index is 10.9. The van der Waals surface area contributed by atoms with Crippen LogP contribution in [0.15, 0.2) is 12.1 Å². The van der Waals surface area contributed by atoms with Gasteiger partial charge in [0.05, 0.1) is 10.6 Å². The first-order chi connectivity index (χ1) is 7.52. The number of nitrogens with one attached hydrogen (secondary N) is 1. The molecule has 4 nitrogen and oxygen atoms in total. The van der Waals surface area contributed by atoms with Gasteiger partial charge in [0, 0.05) is 17.7 Å². The van der Waals surface area contributed by atoms with Crippen LogP contribution in [0, 0.1) is 0 Å². The molecule has 0 fully saturated rings. The van der Waals surface area contributed by atoms with Crippen molar-refractivity contribution in [2.24, 2.45) is 0 Å². The molecule has 0 aliphatic rings. The zero-order chi connectivity index (χ0) is 12.3. The third kappa shape index (κ3) is 2.47. The number of benzene rings is 1. The molecule has 0 saturated carbocycles. The Morgan fingerprint density at radius 1 is 1.50 bits per heavy atom. The highest BCUT2D eigenvalue weighted by molar-refractivity contribution is 6.38. The highest BCUT2D eigenvalue weighted by atomic mass is 35.5. The van der Waals surface area contributed by atoms with E-state index < -0.39 is 12.2 Å². The number of halogens is 2. The zero-order valence-corrected chi connectivity index (χ0v) is 10.3. The van der Waals surface area contributed by atoms with Crippen molar-refractivity contribution >= 4 is 29.2 Å². The highest BCUT2D eigenvalue weighted by Gasteiger charge is 2.21. The topological polar surface area (TPSA) is 58.6 Å². The molecular formula is C10H11Cl2NO3. The van der Waals surface area contributed by atoms with E-state index >= 15 is 0 Å². The molecule has 0 radical (unpaired) electrons. The third-order valence-corrected chi connectivity index (χ3v) is 2.85. The van der Waals surface area contributed by atoms with Crippen LogP contribution in [0.1, 0.15) is 22.1 Å². The van der Waals surface area contributed by atoms with E-state index in [1.54, 1.807) is 7.05 Å². The van der Waals surface area contributed by atoms with Crippen LogP contribution in [0.3, 0.4) is 0 Å². The number of rotatable bonds is 4. The fraction of sp³-hybridized carbons (Fsp3) is 0.300. The van der Waals surface area contributed by atoms with Crippen molar-refractivity contribution in [3.63, 3.8) is 0 Å². The first kappa shape index (κ1) is 13.3. The Kier molecular flexibility index (Phi) is 4.56. The molecule has 0 bridgehead atoms. The van der Waals surface area contributed by atoms with E-state index in [0.29, 0.717) is 10.6 Å². The summed E-state index contributed by atoms with van der Waals surface area (Å²) in [5, 5.41) is 12.2. The number of carboxylic acids is 1. The van der Waals surface area contributed by atoms with Crippen molar-refractivity contribution < 1.29 is 14.6 Å². The maximum atomic E-state index is 10.9. The molecule has 1 aromatic rings. The lowest BCUT2D eigenvalue weighted by molar-refractivity contribution is 0.0693. The predicted molar refractivity (Wildman–Crippen MR) is 62.2 cm³/mol. The summed E-state index contributed by atoms with van der Waals surface area (Å²) in [5.74, 6) is -1.10. The monoisotopic (exact) mass is 263 g/mol. The van der Waals surface area contributed by atoms with E-state index in [0.717, 1.165) is 0 Å². The van der Waals surface area contributed by atoms with Crippen LogP contribution in [0.2, 0.25) is 10.0 Å². The van der Waals surface area contributed by atoms with Gasteiger partial charge in [-0.1, -0.05) is 23.2 Å². The Hall–Kier alpha value is -0.810. The van der Waals surface area contributed by atoms with Crippen molar-refractivity contribution in [2.75, 3.05) is 14.2 Å². The Morgan fingerprint density at radius 3 is 2.56 bits per heavy atom. The number of carbonyl (C=O) groups is 1. The molecule has 1 aromatic carbocycles. The van der Waals surface area contributed by atoms with Crippen molar-refractivity contribution in [3.05, 3.63) is 33.3 Å². The molecule has 6 heteroatoms. The average molecular weight is 264 g/mol. The Balaban J connectivity index is 3.36. The highest BCUT2D eigenvalue weighted by Crippen LogP contribution is 2.33. The predicted octanol–water partition coefficient (Wildman–Crippen LogP) is 2.56. The number of methoxy groups -OCH3 is 1. The lowest BCUT2D eigenvalue weighted by Gasteiger charge is -2.18. The number of aromatic carboxylic acids is 1. The minimum Gasteiger partial charge on any atom is -0.478 e. The SMILES string of the molecule is CNC(OC)c1c(Cl)ccc(C(=O)O)c1Cl. The van der Waals surface area contributed by atoms with E-state index in [2.05, 4.69) is 5.32 Å². The molecule has 1 rings (SSSR count). The van der Waals surface area contributed by atoms with Gasteiger partial charge in [-0.15, -0.1) is 0 Å². The van der Waals surface area contributed by atoms with Gasteiger partial charge in [0.1, 0.15) is 6.23 Å². The molecule has 2 N–H and O–H groups in total. The lowest BCUT2D eigenvalue weighted by atomic mass is 10.1. The first-order valence-electron chi connectivity index (χ1n) is 4.44. The number of hydrogen-bond donors (Lipinski definition) is 2. The average Bonchev–Trinajstić information content (AvgIpc) is 2.23. The standard InChI is InChI=1S/C10H11Cl2NO3/c1-13-9(16-2)7-6(11)4-3-5(8(7)12)10(14)15/h3-4,9,13H,1-2H3,(H,14,15). The molecule has 0 amide bonds. The molecule has 88 valence electrons. The molecule has 0 aliphatic heterocycles. The van der Waals surface area contributed by atoms with E-state index in [-0.39, 0.29) is 10.6 Å². The molecule has 16 heavy (non-hydrogen) atoms. The molecule has 1 atom stereocenters. The van der Waals surface area contributed by atoms with Gasteiger partial charge in [-0.3, -0.25) is 5.32 Å². The van der Waals surface area contributed by atoms with Crippen molar-refractivity contribution in [2.45, 2.75) is 6.23 Å². The second-order valence-corrected chi connectivity index (χ2v) is 3.82. The van der Waals surface area contributed by atoms with Crippen LogP contribution in [0.5, 0.6) is 0 Å². The quantitative estimate of drug-likeness (QED) is 0.820. The van der Waals surface area contributed by atoms with Crippen molar-refractivity contribution in [1.29, 1.82) is 0 Å². The van der Waals surface area contributed by atoms with Crippen LogP contribution in [0.25, 0.3) is 0 Å². The minimum atomic E-state index is -1.10. The number of hydrogen-bond acceptors (Lipinski definition) is 3. The molecule has 0 aromatic heterocycles. The van der Waals surface area contributed by atoms with Gasteiger partial charge >= 0.3 is 5.97 Å². The zero-order valence-electron chi connectivity index (χ0n) is 8.75. The van der Waals surface area contributed by atoms with Gasteiger partial charge in [-0.2, -0.15) is 0 Å². The molecule has 0 aliphatic carbocycles. The summed E-state index contributed by atoms with van der Waals surface area (Å²) in [5.41, 5.74) is 0.423. The van der Waals surface area contributed by atoms with Crippen LogP contribution >= 0.6 is 23.2 Å². The molecule has 0 heterocycles. The van der Waals surface area contributed by atoms with Gasteiger partial charge in [-0.25, -0.2) is 4.79 Å². The normalized spacial score (nSPS) is 12.5. The maximum Gasteiger partial charge on any atom is 0.337 e. The Labute approximate surface area is 103 Å². The van der Waals surface area contributed by atoms with Crippen LogP contribution in [0.4, 0.5) is 0 Å². The van der Waals surface area contributed by atoms with Gasteiger partial charge in [0.25, 0.3) is 0 Å². The van der Waals surface area contributed by atoms with E-state index in [1.807, 2.05) is 0 Å². The second-order valence-electron chi connectivity index (χ2n) is 3.03. The smallest absolute Gasteiger partial charge is 0.337 e. The van der Waals surface area contributed by atoms with E-state index in [4.69, 9.17) is 33.0 Å². The largest absolute Gasteiger partial charge is 0.478 e. The summed E-state index contributed by atoms with van der Waals surface area (Å²) >= 11 is 11.9. The molecule has 0 saturated heterocycles. The lowest BCUT2D eigenvalue weighted by Crippen LogP contribution is -2.19. The Morgan fingerprint density at radius 2 is 2.12 bits per heavy atom. The summed E-state index contributed by atoms with van der Waals surface area (Å²) in [7, 11) is 3.13.